The van der Waals surface area contributed by atoms with Crippen molar-refractivity contribution in [2.45, 2.75) is 19.1 Å². The number of ether oxygens (including phenoxy) is 3. The summed E-state index contributed by atoms with van der Waals surface area (Å²) in [6, 6.07) is 10.1. The summed E-state index contributed by atoms with van der Waals surface area (Å²) in [5.41, 5.74) is 2.14. The van der Waals surface area contributed by atoms with Crippen molar-refractivity contribution in [1.29, 1.82) is 0 Å². The van der Waals surface area contributed by atoms with Crippen LogP contribution >= 0.6 is 0 Å². The second-order valence-electron chi connectivity index (χ2n) is 7.01. The van der Waals surface area contributed by atoms with E-state index in [0.717, 1.165) is 11.1 Å². The van der Waals surface area contributed by atoms with Crippen LogP contribution < -0.4 is 19.9 Å². The van der Waals surface area contributed by atoms with Crippen LogP contribution in [0.1, 0.15) is 15.9 Å². The topological polar surface area (TPSA) is 113 Å². The third-order valence-corrected chi connectivity index (χ3v) is 5.07. The minimum Gasteiger partial charge on any atom is -0.478 e. The Labute approximate surface area is 170 Å². The molecule has 2 aliphatic heterocycles. The first-order valence-corrected chi connectivity index (χ1v) is 9.44. The van der Waals surface area contributed by atoms with Crippen LogP contribution in [0.25, 0.3) is 11.3 Å². The number of aryl methyl sites for hydroxylation is 1. The molecule has 1 aromatic carbocycles. The maximum atomic E-state index is 12.5. The van der Waals surface area contributed by atoms with Crippen LogP contribution in [-0.4, -0.2) is 44.9 Å². The van der Waals surface area contributed by atoms with E-state index in [1.54, 1.807) is 41.1 Å². The lowest BCUT2D eigenvalue weighted by atomic mass is 9.95. The van der Waals surface area contributed by atoms with E-state index in [2.05, 4.69) is 9.97 Å². The molecule has 0 fully saturated rings. The molecular formula is C21H17N3O6. The Morgan fingerprint density at radius 1 is 1.30 bits per heavy atom. The van der Waals surface area contributed by atoms with Crippen LogP contribution in [0.3, 0.4) is 0 Å². The third kappa shape index (κ3) is 3.24. The molecule has 2 aliphatic rings. The Morgan fingerprint density at radius 3 is 3.07 bits per heavy atom. The molecule has 5 rings (SSSR count). The second-order valence-corrected chi connectivity index (χ2v) is 7.01. The van der Waals surface area contributed by atoms with Crippen LogP contribution in [0.15, 0.2) is 47.4 Å². The number of hydrogen-bond acceptors (Lipinski definition) is 7. The van der Waals surface area contributed by atoms with Gasteiger partial charge in [-0.2, -0.15) is 4.98 Å². The number of carboxylic acid groups (broad SMARTS) is 1. The number of hydrogen-bond donors (Lipinski definition) is 1. The SMILES string of the molecule is O=C(O)c1ccc2c(c1)CCn1c-2cc(OCC2COc3ncccc3O2)nc1=O. The molecule has 1 N–H and O–H groups in total. The molecule has 0 saturated carbocycles. The highest BCUT2D eigenvalue weighted by molar-refractivity contribution is 5.89. The van der Waals surface area contributed by atoms with E-state index in [0.29, 0.717) is 30.3 Å². The molecule has 2 aromatic heterocycles. The molecule has 0 amide bonds. The summed E-state index contributed by atoms with van der Waals surface area (Å²) in [5, 5.41) is 9.21. The lowest BCUT2D eigenvalue weighted by Crippen LogP contribution is -2.35. The summed E-state index contributed by atoms with van der Waals surface area (Å²) in [6.45, 7) is 0.852. The molecule has 0 aliphatic carbocycles. The standard InChI is InChI=1S/C21H17N3O6/c25-20(26)13-3-4-15-12(8-13)5-7-24-16(15)9-18(23-21(24)27)28-10-14-11-29-19-17(30-14)2-1-6-22-19/h1-4,6,8-9,14H,5,7,10-11H2,(H,25,26). The van der Waals surface area contributed by atoms with Gasteiger partial charge in [0.2, 0.25) is 5.88 Å². The number of carbonyl (C=O) groups is 1. The smallest absolute Gasteiger partial charge is 0.351 e. The van der Waals surface area contributed by atoms with Gasteiger partial charge in [-0.3, -0.25) is 4.57 Å². The molecule has 9 heteroatoms. The van der Waals surface area contributed by atoms with Crippen molar-refractivity contribution in [3.05, 3.63) is 64.2 Å². The number of pyridine rings is 1. The van der Waals surface area contributed by atoms with Gasteiger partial charge in [-0.1, -0.05) is 6.07 Å². The summed E-state index contributed by atoms with van der Waals surface area (Å²) >= 11 is 0. The lowest BCUT2D eigenvalue weighted by Gasteiger charge is -2.25. The fourth-order valence-electron chi connectivity index (χ4n) is 3.63. The van der Waals surface area contributed by atoms with Crippen LogP contribution in [0.2, 0.25) is 0 Å². The molecule has 1 unspecified atom stereocenters. The Hall–Kier alpha value is -3.88. The van der Waals surface area contributed by atoms with Crippen LogP contribution in [-0.2, 0) is 13.0 Å². The maximum Gasteiger partial charge on any atom is 0.351 e. The summed E-state index contributed by atoms with van der Waals surface area (Å²) in [6.07, 6.45) is 1.82. The van der Waals surface area contributed by atoms with Crippen molar-refractivity contribution in [2.75, 3.05) is 13.2 Å². The van der Waals surface area contributed by atoms with Gasteiger partial charge in [-0.15, -0.1) is 0 Å². The number of carboxylic acids is 1. The number of nitrogens with zero attached hydrogens (tertiary/aromatic N) is 3. The Kier molecular flexibility index (Phi) is 4.35. The maximum absolute atomic E-state index is 12.5. The van der Waals surface area contributed by atoms with Crippen LogP contribution in [0.5, 0.6) is 17.5 Å². The van der Waals surface area contributed by atoms with Crippen molar-refractivity contribution < 1.29 is 24.1 Å². The molecule has 0 spiro atoms. The summed E-state index contributed by atoms with van der Waals surface area (Å²) in [5.74, 6) is 0.184. The first-order valence-electron chi connectivity index (χ1n) is 9.44. The molecule has 152 valence electrons. The predicted molar refractivity (Wildman–Crippen MR) is 104 cm³/mol. The quantitative estimate of drug-likeness (QED) is 0.696. The van der Waals surface area contributed by atoms with Crippen molar-refractivity contribution in [3.8, 4) is 28.8 Å². The molecule has 4 heterocycles. The molecule has 0 saturated heterocycles. The fraction of sp³-hybridized carbons (Fsp3) is 0.238. The Balaban J connectivity index is 1.38. The number of rotatable bonds is 4. The zero-order valence-electron chi connectivity index (χ0n) is 15.8. The molecular weight excluding hydrogens is 390 g/mol. The largest absolute Gasteiger partial charge is 0.478 e. The van der Waals surface area contributed by atoms with Crippen LogP contribution in [0, 0.1) is 0 Å². The molecule has 0 bridgehead atoms. The van der Waals surface area contributed by atoms with Crippen molar-refractivity contribution in [3.63, 3.8) is 0 Å². The average molecular weight is 407 g/mol. The van der Waals surface area contributed by atoms with E-state index < -0.39 is 11.7 Å². The highest BCUT2D eigenvalue weighted by Crippen LogP contribution is 2.31. The van der Waals surface area contributed by atoms with Crippen LogP contribution in [0.4, 0.5) is 0 Å². The van der Waals surface area contributed by atoms with Gasteiger partial charge < -0.3 is 19.3 Å². The van der Waals surface area contributed by atoms with E-state index in [9.17, 15) is 14.7 Å². The lowest BCUT2D eigenvalue weighted by molar-refractivity contribution is 0.0486. The third-order valence-electron chi connectivity index (χ3n) is 5.07. The minimum absolute atomic E-state index is 0.148. The van der Waals surface area contributed by atoms with Gasteiger partial charge in [0.15, 0.2) is 11.9 Å². The van der Waals surface area contributed by atoms with E-state index in [-0.39, 0.29) is 30.8 Å². The fourth-order valence-corrected chi connectivity index (χ4v) is 3.63. The molecule has 9 nitrogen and oxygen atoms in total. The minimum atomic E-state index is -0.981. The summed E-state index contributed by atoms with van der Waals surface area (Å²) in [4.78, 5) is 31.8. The molecule has 30 heavy (non-hydrogen) atoms. The number of aromatic carboxylic acids is 1. The summed E-state index contributed by atoms with van der Waals surface area (Å²) in [7, 11) is 0. The van der Waals surface area contributed by atoms with Gasteiger partial charge in [0.25, 0.3) is 5.88 Å². The van der Waals surface area contributed by atoms with E-state index in [1.807, 2.05) is 0 Å². The Morgan fingerprint density at radius 2 is 2.20 bits per heavy atom. The number of aromatic nitrogens is 3. The molecule has 3 aromatic rings. The average Bonchev–Trinajstić information content (AvgIpc) is 2.77. The van der Waals surface area contributed by atoms with Crippen molar-refractivity contribution in [2.24, 2.45) is 0 Å². The van der Waals surface area contributed by atoms with Gasteiger partial charge in [-0.05, 0) is 36.2 Å². The van der Waals surface area contributed by atoms with Gasteiger partial charge >= 0.3 is 11.7 Å². The zero-order valence-corrected chi connectivity index (χ0v) is 15.8. The predicted octanol–water partition coefficient (Wildman–Crippen LogP) is 1.78. The monoisotopic (exact) mass is 407 g/mol. The highest BCUT2D eigenvalue weighted by Gasteiger charge is 2.24. The first-order chi connectivity index (χ1) is 14.6. The van der Waals surface area contributed by atoms with Gasteiger partial charge in [0.05, 0.1) is 11.3 Å². The summed E-state index contributed by atoms with van der Waals surface area (Å²) < 4.78 is 18.7. The normalized spacial score (nSPS) is 16.3. The highest BCUT2D eigenvalue weighted by atomic mass is 16.6. The number of fused-ring (bicyclic) bond motifs is 4. The van der Waals surface area contributed by atoms with E-state index >= 15 is 0 Å². The van der Waals surface area contributed by atoms with Gasteiger partial charge in [0.1, 0.15) is 13.2 Å². The van der Waals surface area contributed by atoms with Crippen molar-refractivity contribution >= 4 is 5.97 Å². The van der Waals surface area contributed by atoms with E-state index in [4.69, 9.17) is 14.2 Å². The van der Waals surface area contributed by atoms with E-state index in [1.165, 1.54) is 6.07 Å². The molecule has 1 atom stereocenters. The second kappa shape index (κ2) is 7.18. The van der Waals surface area contributed by atoms with Gasteiger partial charge in [0, 0.05) is 24.4 Å². The first kappa shape index (κ1) is 18.2. The van der Waals surface area contributed by atoms with Gasteiger partial charge in [-0.25, -0.2) is 14.6 Å². The zero-order chi connectivity index (χ0) is 20.7. The Bertz CT molecular complexity index is 1210. The number of benzene rings is 1. The molecule has 0 radical (unpaired) electrons. The van der Waals surface area contributed by atoms with Crippen molar-refractivity contribution in [1.82, 2.24) is 14.5 Å².